The first-order chi connectivity index (χ1) is 9.81. The zero-order valence-electron chi connectivity index (χ0n) is 10.9. The van der Waals surface area contributed by atoms with Crippen molar-refractivity contribution in [2.75, 3.05) is 7.11 Å². The fraction of sp³-hybridized carbons (Fsp3) is 0.133. The second-order valence-electron chi connectivity index (χ2n) is 4.34. The van der Waals surface area contributed by atoms with Crippen molar-refractivity contribution in [2.24, 2.45) is 0 Å². The number of carbonyl (C=O) groups excluding carboxylic acids is 1. The molecule has 5 heteroatoms. The molecular formula is C15H13N3O2. The summed E-state index contributed by atoms with van der Waals surface area (Å²) < 4.78 is 6.83. The highest BCUT2D eigenvalue weighted by Crippen LogP contribution is 2.19. The summed E-state index contributed by atoms with van der Waals surface area (Å²) in [4.78, 5) is 12.5. The molecule has 0 amide bonds. The summed E-state index contributed by atoms with van der Waals surface area (Å²) in [5, 5.41) is 8.08. The Bertz CT molecular complexity index is 737. The Morgan fingerprint density at radius 1 is 1.10 bits per heavy atom. The molecule has 0 bridgehead atoms. The molecule has 0 fully saturated rings. The molecule has 3 rings (SSSR count). The van der Waals surface area contributed by atoms with Crippen LogP contribution in [0.5, 0.6) is 0 Å². The van der Waals surface area contributed by atoms with Crippen LogP contribution in [-0.4, -0.2) is 27.9 Å². The maximum atomic E-state index is 12.5. The summed E-state index contributed by atoms with van der Waals surface area (Å²) in [6, 6.07) is 16.5. The Kier molecular flexibility index (Phi) is 3.26. The number of Topliss-reactive ketones (excluding diaryl/α,β-unsaturated/α-hetero) is 1. The lowest BCUT2D eigenvalue weighted by molar-refractivity contribution is 0.0307. The Morgan fingerprint density at radius 2 is 1.80 bits per heavy atom. The first-order valence-corrected chi connectivity index (χ1v) is 6.23. The highest BCUT2D eigenvalue weighted by atomic mass is 16.5. The molecule has 0 radical (unpaired) electrons. The summed E-state index contributed by atoms with van der Waals surface area (Å²) in [6.45, 7) is 0. The Morgan fingerprint density at radius 3 is 2.55 bits per heavy atom. The molecule has 0 aliphatic carbocycles. The van der Waals surface area contributed by atoms with Crippen LogP contribution in [0.4, 0.5) is 0 Å². The van der Waals surface area contributed by atoms with Crippen molar-refractivity contribution in [3.05, 3.63) is 60.2 Å². The maximum absolute atomic E-state index is 12.5. The number of para-hydroxylation sites is 1. The third-order valence-corrected chi connectivity index (χ3v) is 3.11. The van der Waals surface area contributed by atoms with Crippen LogP contribution in [0.25, 0.3) is 11.0 Å². The van der Waals surface area contributed by atoms with Gasteiger partial charge in [0.1, 0.15) is 5.52 Å². The van der Waals surface area contributed by atoms with Crippen LogP contribution in [0, 0.1) is 0 Å². The lowest BCUT2D eigenvalue weighted by atomic mass is 10.1. The third-order valence-electron chi connectivity index (χ3n) is 3.11. The van der Waals surface area contributed by atoms with Gasteiger partial charge in [0, 0.05) is 12.7 Å². The minimum Gasteiger partial charge on any atom is -0.353 e. The summed E-state index contributed by atoms with van der Waals surface area (Å²) in [6.07, 6.45) is -0.815. The van der Waals surface area contributed by atoms with Crippen LogP contribution in [0.3, 0.4) is 0 Å². The standard InChI is InChI=1S/C15H13N3O2/c1-20-15(14(19)11-7-3-2-4-8-11)18-13-10-6-5-9-12(13)16-17-18/h2-10,15H,1H3. The van der Waals surface area contributed by atoms with Crippen molar-refractivity contribution < 1.29 is 9.53 Å². The molecule has 0 saturated carbocycles. The van der Waals surface area contributed by atoms with Gasteiger partial charge >= 0.3 is 0 Å². The number of aromatic nitrogens is 3. The quantitative estimate of drug-likeness (QED) is 0.681. The van der Waals surface area contributed by atoms with Crippen LogP contribution in [0.1, 0.15) is 16.6 Å². The fourth-order valence-electron chi connectivity index (χ4n) is 2.12. The van der Waals surface area contributed by atoms with E-state index >= 15 is 0 Å². The highest BCUT2D eigenvalue weighted by Gasteiger charge is 2.24. The molecule has 100 valence electrons. The minimum absolute atomic E-state index is 0.149. The molecule has 2 aromatic carbocycles. The van der Waals surface area contributed by atoms with E-state index in [1.807, 2.05) is 42.5 Å². The Labute approximate surface area is 115 Å². The Balaban J connectivity index is 2.04. The zero-order chi connectivity index (χ0) is 13.9. The van der Waals surface area contributed by atoms with Crippen LogP contribution in [-0.2, 0) is 4.74 Å². The van der Waals surface area contributed by atoms with Crippen molar-refractivity contribution in [1.29, 1.82) is 0 Å². The van der Waals surface area contributed by atoms with Crippen molar-refractivity contribution in [1.82, 2.24) is 15.0 Å². The molecule has 0 aliphatic rings. The van der Waals surface area contributed by atoms with Gasteiger partial charge in [-0.15, -0.1) is 5.10 Å². The van der Waals surface area contributed by atoms with Gasteiger partial charge in [0.25, 0.3) is 0 Å². The molecule has 0 aliphatic heterocycles. The van der Waals surface area contributed by atoms with Gasteiger partial charge in [-0.05, 0) is 12.1 Å². The van der Waals surface area contributed by atoms with Gasteiger partial charge in [-0.3, -0.25) is 4.79 Å². The molecule has 5 nitrogen and oxygen atoms in total. The molecular weight excluding hydrogens is 254 g/mol. The van der Waals surface area contributed by atoms with Gasteiger partial charge in [-0.1, -0.05) is 47.7 Å². The fourth-order valence-corrected chi connectivity index (χ4v) is 2.12. The first-order valence-electron chi connectivity index (χ1n) is 6.23. The molecule has 0 spiro atoms. The van der Waals surface area contributed by atoms with Crippen molar-refractivity contribution in [3.63, 3.8) is 0 Å². The topological polar surface area (TPSA) is 57.0 Å². The largest absolute Gasteiger partial charge is 0.353 e. The van der Waals surface area contributed by atoms with Gasteiger partial charge in [-0.2, -0.15) is 0 Å². The van der Waals surface area contributed by atoms with E-state index in [2.05, 4.69) is 10.3 Å². The average Bonchev–Trinajstić information content (AvgIpc) is 2.93. The second kappa shape index (κ2) is 5.22. The van der Waals surface area contributed by atoms with E-state index in [9.17, 15) is 4.79 Å². The lowest BCUT2D eigenvalue weighted by Gasteiger charge is -2.14. The minimum atomic E-state index is -0.815. The second-order valence-corrected chi connectivity index (χ2v) is 4.34. The zero-order valence-corrected chi connectivity index (χ0v) is 10.9. The van der Waals surface area contributed by atoms with Crippen LogP contribution >= 0.6 is 0 Å². The number of fused-ring (bicyclic) bond motifs is 1. The maximum Gasteiger partial charge on any atom is 0.215 e. The average molecular weight is 267 g/mol. The molecule has 20 heavy (non-hydrogen) atoms. The number of carbonyl (C=O) groups is 1. The number of methoxy groups -OCH3 is 1. The number of nitrogens with zero attached hydrogens (tertiary/aromatic N) is 3. The highest BCUT2D eigenvalue weighted by molar-refractivity contribution is 5.98. The molecule has 0 saturated heterocycles. The summed E-state index contributed by atoms with van der Waals surface area (Å²) in [5.41, 5.74) is 2.08. The van der Waals surface area contributed by atoms with E-state index < -0.39 is 6.23 Å². The predicted octanol–water partition coefficient (Wildman–Crippen LogP) is 2.46. The number of ketones is 1. The summed E-state index contributed by atoms with van der Waals surface area (Å²) in [7, 11) is 1.49. The number of hydrogen-bond donors (Lipinski definition) is 0. The number of ether oxygens (including phenoxy) is 1. The third kappa shape index (κ3) is 2.08. The molecule has 1 atom stereocenters. The SMILES string of the molecule is COC(C(=O)c1ccccc1)n1nnc2ccccc21. The number of rotatable bonds is 4. The van der Waals surface area contributed by atoms with E-state index in [1.165, 1.54) is 11.8 Å². The van der Waals surface area contributed by atoms with Crippen LogP contribution < -0.4 is 0 Å². The predicted molar refractivity (Wildman–Crippen MR) is 74.3 cm³/mol. The molecule has 1 unspecified atom stereocenters. The van der Waals surface area contributed by atoms with Crippen molar-refractivity contribution in [2.45, 2.75) is 6.23 Å². The summed E-state index contributed by atoms with van der Waals surface area (Å²) in [5.74, 6) is -0.149. The van der Waals surface area contributed by atoms with Gasteiger partial charge in [0.15, 0.2) is 0 Å². The Hall–Kier alpha value is -2.53. The monoisotopic (exact) mass is 267 g/mol. The van der Waals surface area contributed by atoms with E-state index in [-0.39, 0.29) is 5.78 Å². The molecule has 1 aromatic heterocycles. The van der Waals surface area contributed by atoms with Crippen molar-refractivity contribution in [3.8, 4) is 0 Å². The van der Waals surface area contributed by atoms with E-state index in [4.69, 9.17) is 4.74 Å². The van der Waals surface area contributed by atoms with Gasteiger partial charge < -0.3 is 4.74 Å². The number of benzene rings is 2. The van der Waals surface area contributed by atoms with Gasteiger partial charge in [0.05, 0.1) is 5.52 Å². The normalized spacial score (nSPS) is 12.4. The first kappa shape index (κ1) is 12.5. The molecule has 0 N–H and O–H groups in total. The van der Waals surface area contributed by atoms with Crippen molar-refractivity contribution >= 4 is 16.8 Å². The molecule has 1 heterocycles. The number of hydrogen-bond acceptors (Lipinski definition) is 4. The summed E-state index contributed by atoms with van der Waals surface area (Å²) >= 11 is 0. The van der Waals surface area contributed by atoms with Gasteiger partial charge in [-0.25, -0.2) is 4.68 Å². The molecule has 3 aromatic rings. The van der Waals surface area contributed by atoms with Gasteiger partial charge in [0.2, 0.25) is 12.0 Å². The van der Waals surface area contributed by atoms with E-state index in [0.29, 0.717) is 5.56 Å². The van der Waals surface area contributed by atoms with Crippen LogP contribution in [0.2, 0.25) is 0 Å². The lowest BCUT2D eigenvalue weighted by Crippen LogP contribution is -2.22. The van der Waals surface area contributed by atoms with E-state index in [0.717, 1.165) is 11.0 Å². The van der Waals surface area contributed by atoms with Crippen LogP contribution in [0.15, 0.2) is 54.6 Å². The van der Waals surface area contributed by atoms with E-state index in [1.54, 1.807) is 12.1 Å². The smallest absolute Gasteiger partial charge is 0.215 e.